The minimum absolute atomic E-state index is 0.0412. The number of aromatic nitrogens is 4. The Morgan fingerprint density at radius 3 is 2.59 bits per heavy atom. The molecule has 0 aliphatic carbocycles. The summed E-state index contributed by atoms with van der Waals surface area (Å²) in [6.07, 6.45) is 3.54. The highest BCUT2D eigenvalue weighted by Gasteiger charge is 2.28. The summed E-state index contributed by atoms with van der Waals surface area (Å²) < 4.78 is 7.20. The molecule has 146 valence electrons. The summed E-state index contributed by atoms with van der Waals surface area (Å²) in [5.41, 5.74) is 0.760. The predicted molar refractivity (Wildman–Crippen MR) is 101 cm³/mol. The van der Waals surface area contributed by atoms with Gasteiger partial charge >= 0.3 is 6.03 Å². The summed E-state index contributed by atoms with van der Waals surface area (Å²) in [5, 5.41) is 16.4. The topological polar surface area (TPSA) is 87.9 Å². The predicted octanol–water partition coefficient (Wildman–Crippen LogP) is 1.26. The van der Waals surface area contributed by atoms with Crippen molar-refractivity contribution in [3.8, 4) is 0 Å². The lowest BCUT2D eigenvalue weighted by atomic mass is 9.96. The molecule has 9 nitrogen and oxygen atoms in total. The molecule has 9 heteroatoms. The molecule has 27 heavy (non-hydrogen) atoms. The fourth-order valence-electron chi connectivity index (χ4n) is 3.74. The number of urea groups is 1. The van der Waals surface area contributed by atoms with Crippen molar-refractivity contribution < 1.29 is 9.53 Å². The van der Waals surface area contributed by atoms with E-state index < -0.39 is 0 Å². The summed E-state index contributed by atoms with van der Waals surface area (Å²) in [7, 11) is 3.93. The summed E-state index contributed by atoms with van der Waals surface area (Å²) >= 11 is 0. The van der Waals surface area contributed by atoms with Crippen LogP contribution in [-0.2, 0) is 4.74 Å². The smallest absolute Gasteiger partial charge is 0.317 e. The standard InChI is InChI=1S/C18H27N7O2/c1-23(2)16-4-3-15-20-21-17(25(15)22-16)13-5-9-24(10-6-13)18(26)19-14-7-11-27-12-8-14/h3-4,13-14H,5-12H2,1-2H3,(H,19,26). The molecule has 1 N–H and O–H groups in total. The number of carbonyl (C=O) groups is 1. The summed E-state index contributed by atoms with van der Waals surface area (Å²) in [6.45, 7) is 2.91. The van der Waals surface area contributed by atoms with E-state index in [9.17, 15) is 4.79 Å². The Morgan fingerprint density at radius 2 is 1.89 bits per heavy atom. The molecule has 0 spiro atoms. The number of likely N-dealkylation sites (tertiary alicyclic amines) is 1. The Hall–Kier alpha value is -2.42. The maximum atomic E-state index is 12.5. The summed E-state index contributed by atoms with van der Waals surface area (Å²) in [5.74, 6) is 2.02. The van der Waals surface area contributed by atoms with Gasteiger partial charge in [-0.15, -0.1) is 15.3 Å². The van der Waals surface area contributed by atoms with Crippen LogP contribution < -0.4 is 10.2 Å². The number of hydrogen-bond donors (Lipinski definition) is 1. The summed E-state index contributed by atoms with van der Waals surface area (Å²) in [6, 6.07) is 4.16. The van der Waals surface area contributed by atoms with E-state index >= 15 is 0 Å². The molecule has 2 fully saturated rings. The largest absolute Gasteiger partial charge is 0.381 e. The molecule has 2 aromatic rings. The quantitative estimate of drug-likeness (QED) is 0.871. The van der Waals surface area contributed by atoms with E-state index in [4.69, 9.17) is 4.74 Å². The van der Waals surface area contributed by atoms with E-state index in [0.29, 0.717) is 0 Å². The first-order valence-corrected chi connectivity index (χ1v) is 9.64. The van der Waals surface area contributed by atoms with Crippen molar-refractivity contribution in [1.82, 2.24) is 30.0 Å². The van der Waals surface area contributed by atoms with E-state index in [2.05, 4.69) is 20.6 Å². The van der Waals surface area contributed by atoms with Gasteiger partial charge in [0.25, 0.3) is 0 Å². The van der Waals surface area contributed by atoms with Crippen LogP contribution in [0.4, 0.5) is 10.6 Å². The molecule has 4 heterocycles. The van der Waals surface area contributed by atoms with Crippen molar-refractivity contribution in [2.45, 2.75) is 37.6 Å². The Kier molecular flexibility index (Phi) is 5.11. The number of ether oxygens (including phenoxy) is 1. The third kappa shape index (κ3) is 3.83. The highest BCUT2D eigenvalue weighted by molar-refractivity contribution is 5.74. The normalized spacial score (nSPS) is 19.4. The number of carbonyl (C=O) groups excluding carboxylic acids is 1. The molecule has 2 aromatic heterocycles. The molecule has 0 radical (unpaired) electrons. The van der Waals surface area contributed by atoms with Gasteiger partial charge in [-0.2, -0.15) is 4.52 Å². The second-order valence-corrected chi connectivity index (χ2v) is 7.51. The van der Waals surface area contributed by atoms with Crippen molar-refractivity contribution in [3.63, 3.8) is 0 Å². The lowest BCUT2D eigenvalue weighted by Gasteiger charge is -2.33. The van der Waals surface area contributed by atoms with Crippen LogP contribution in [-0.4, -0.2) is 77.2 Å². The van der Waals surface area contributed by atoms with Gasteiger partial charge < -0.3 is 19.9 Å². The van der Waals surface area contributed by atoms with Gasteiger partial charge in [0.05, 0.1) is 0 Å². The maximum Gasteiger partial charge on any atom is 0.317 e. The van der Waals surface area contributed by atoms with Crippen LogP contribution in [0.1, 0.15) is 37.4 Å². The number of amides is 2. The zero-order chi connectivity index (χ0) is 18.8. The first-order chi connectivity index (χ1) is 13.1. The Balaban J connectivity index is 1.39. The molecule has 0 saturated carbocycles. The van der Waals surface area contributed by atoms with Crippen molar-refractivity contribution in [1.29, 1.82) is 0 Å². The number of nitrogens with zero attached hydrogens (tertiary/aromatic N) is 6. The molecule has 0 atom stereocenters. The third-order valence-electron chi connectivity index (χ3n) is 5.43. The molecule has 2 aliphatic rings. The number of piperidine rings is 1. The van der Waals surface area contributed by atoms with Gasteiger partial charge in [-0.05, 0) is 37.8 Å². The van der Waals surface area contributed by atoms with Crippen LogP contribution in [0.2, 0.25) is 0 Å². The van der Waals surface area contributed by atoms with E-state index in [1.54, 1.807) is 0 Å². The van der Waals surface area contributed by atoms with Crippen LogP contribution in [0, 0.1) is 0 Å². The number of rotatable bonds is 3. The first kappa shape index (κ1) is 18.0. The average Bonchev–Trinajstić information content (AvgIpc) is 3.12. The average molecular weight is 373 g/mol. The fourth-order valence-corrected chi connectivity index (χ4v) is 3.74. The Labute approximate surface area is 158 Å². The molecule has 0 bridgehead atoms. The van der Waals surface area contributed by atoms with Crippen LogP contribution in [0.3, 0.4) is 0 Å². The molecular formula is C18H27N7O2. The highest BCUT2D eigenvalue weighted by atomic mass is 16.5. The van der Waals surface area contributed by atoms with E-state index in [1.807, 2.05) is 40.5 Å². The molecule has 2 saturated heterocycles. The minimum Gasteiger partial charge on any atom is -0.381 e. The second kappa shape index (κ2) is 7.67. The molecule has 0 aromatic carbocycles. The van der Waals surface area contributed by atoms with Crippen LogP contribution >= 0.6 is 0 Å². The number of hydrogen-bond acceptors (Lipinski definition) is 6. The summed E-state index contributed by atoms with van der Waals surface area (Å²) in [4.78, 5) is 16.4. The van der Waals surface area contributed by atoms with Crippen molar-refractivity contribution in [2.75, 3.05) is 45.3 Å². The molecule has 4 rings (SSSR count). The number of nitrogens with one attached hydrogen (secondary N) is 1. The number of anilines is 1. The lowest BCUT2D eigenvalue weighted by Crippen LogP contribution is -2.49. The monoisotopic (exact) mass is 373 g/mol. The minimum atomic E-state index is 0.0412. The van der Waals surface area contributed by atoms with Gasteiger partial charge in [-0.25, -0.2) is 4.79 Å². The Bertz CT molecular complexity index is 792. The van der Waals surface area contributed by atoms with Gasteiger partial charge in [-0.3, -0.25) is 0 Å². The van der Waals surface area contributed by atoms with E-state index in [-0.39, 0.29) is 18.0 Å². The molecule has 0 unspecified atom stereocenters. The fraction of sp³-hybridized carbons (Fsp3) is 0.667. The van der Waals surface area contributed by atoms with Crippen LogP contribution in [0.15, 0.2) is 12.1 Å². The van der Waals surface area contributed by atoms with Gasteiger partial charge in [0.15, 0.2) is 11.5 Å². The van der Waals surface area contributed by atoms with Crippen molar-refractivity contribution in [2.24, 2.45) is 0 Å². The third-order valence-corrected chi connectivity index (χ3v) is 5.43. The van der Waals surface area contributed by atoms with Crippen molar-refractivity contribution in [3.05, 3.63) is 18.0 Å². The highest BCUT2D eigenvalue weighted by Crippen LogP contribution is 2.27. The maximum absolute atomic E-state index is 12.5. The second-order valence-electron chi connectivity index (χ2n) is 7.51. The molecule has 2 aliphatic heterocycles. The van der Waals surface area contributed by atoms with Crippen LogP contribution in [0.25, 0.3) is 5.65 Å². The van der Waals surface area contributed by atoms with Gasteiger partial charge in [0.1, 0.15) is 5.82 Å². The number of fused-ring (bicyclic) bond motifs is 1. The van der Waals surface area contributed by atoms with Gasteiger partial charge in [0.2, 0.25) is 0 Å². The van der Waals surface area contributed by atoms with Gasteiger partial charge in [-0.1, -0.05) is 0 Å². The van der Waals surface area contributed by atoms with E-state index in [1.165, 1.54) is 0 Å². The lowest BCUT2D eigenvalue weighted by molar-refractivity contribution is 0.0774. The van der Waals surface area contributed by atoms with Crippen molar-refractivity contribution >= 4 is 17.5 Å². The van der Waals surface area contributed by atoms with E-state index in [0.717, 1.165) is 69.3 Å². The SMILES string of the molecule is CN(C)c1ccc2nnc(C3CCN(C(=O)NC4CCOCC4)CC3)n2n1. The first-order valence-electron chi connectivity index (χ1n) is 9.64. The zero-order valence-corrected chi connectivity index (χ0v) is 16.0. The Morgan fingerprint density at radius 1 is 1.15 bits per heavy atom. The van der Waals surface area contributed by atoms with Gasteiger partial charge in [0, 0.05) is 52.4 Å². The molecule has 2 amide bonds. The van der Waals surface area contributed by atoms with Crippen LogP contribution in [0.5, 0.6) is 0 Å². The molecular weight excluding hydrogens is 346 g/mol. The zero-order valence-electron chi connectivity index (χ0n) is 16.0.